The summed E-state index contributed by atoms with van der Waals surface area (Å²) in [6, 6.07) is 20.8. The first-order chi connectivity index (χ1) is 15.5. The summed E-state index contributed by atoms with van der Waals surface area (Å²) in [5, 5.41) is 0. The number of aryl methyl sites for hydroxylation is 1. The number of amides is 1. The Morgan fingerprint density at radius 1 is 1.06 bits per heavy atom. The molecule has 2 aromatic carbocycles. The molecule has 0 saturated carbocycles. The summed E-state index contributed by atoms with van der Waals surface area (Å²) in [5.74, 6) is 1.35. The molecule has 0 radical (unpaired) electrons. The highest BCUT2D eigenvalue weighted by molar-refractivity contribution is 5.94. The lowest BCUT2D eigenvalue weighted by atomic mass is 9.88. The minimum absolute atomic E-state index is 0.138. The molecule has 4 heteroatoms. The van der Waals surface area contributed by atoms with E-state index in [1.54, 1.807) is 6.26 Å². The molecular weight excluding hydrogens is 396 g/mol. The second kappa shape index (κ2) is 10.2. The largest absolute Gasteiger partial charge is 0.472 e. The van der Waals surface area contributed by atoms with Crippen molar-refractivity contribution in [2.45, 2.75) is 33.2 Å². The molecule has 1 aromatic heterocycles. The fourth-order valence-electron chi connectivity index (χ4n) is 4.84. The first kappa shape index (κ1) is 22.3. The molecule has 2 heterocycles. The molecule has 0 unspecified atom stereocenters. The van der Waals surface area contributed by atoms with Crippen molar-refractivity contribution < 1.29 is 9.21 Å². The Morgan fingerprint density at radius 3 is 2.47 bits per heavy atom. The van der Waals surface area contributed by atoms with E-state index in [2.05, 4.69) is 60.9 Å². The molecule has 1 fully saturated rings. The van der Waals surface area contributed by atoms with E-state index in [-0.39, 0.29) is 5.91 Å². The monoisotopic (exact) mass is 430 g/mol. The predicted molar refractivity (Wildman–Crippen MR) is 129 cm³/mol. The summed E-state index contributed by atoms with van der Waals surface area (Å²) in [7, 11) is 0. The van der Waals surface area contributed by atoms with Crippen LogP contribution in [0.1, 0.15) is 46.8 Å². The molecule has 0 spiro atoms. The van der Waals surface area contributed by atoms with Crippen LogP contribution in [0.3, 0.4) is 0 Å². The van der Waals surface area contributed by atoms with Crippen LogP contribution in [0.25, 0.3) is 0 Å². The van der Waals surface area contributed by atoms with Gasteiger partial charge >= 0.3 is 0 Å². The average Bonchev–Trinajstić information content (AvgIpc) is 3.44. The molecule has 0 N–H and O–H groups in total. The summed E-state index contributed by atoms with van der Waals surface area (Å²) in [4.78, 5) is 18.0. The van der Waals surface area contributed by atoms with E-state index in [1.807, 2.05) is 36.6 Å². The number of rotatable bonds is 8. The van der Waals surface area contributed by atoms with Crippen LogP contribution in [0.15, 0.2) is 77.6 Å². The maximum atomic E-state index is 13.5. The molecular formula is C28H34N2O2. The second-order valence-corrected chi connectivity index (χ2v) is 9.57. The van der Waals surface area contributed by atoms with Gasteiger partial charge in [-0.15, -0.1) is 0 Å². The summed E-state index contributed by atoms with van der Waals surface area (Å²) < 4.78 is 5.28. The first-order valence-electron chi connectivity index (χ1n) is 11.6. The minimum Gasteiger partial charge on any atom is -0.472 e. The van der Waals surface area contributed by atoms with Crippen LogP contribution >= 0.6 is 0 Å². The number of hydrogen-bond acceptors (Lipinski definition) is 3. The lowest BCUT2D eigenvalue weighted by molar-refractivity contribution is 0.0703. The first-order valence-corrected chi connectivity index (χ1v) is 11.6. The molecule has 168 valence electrons. The van der Waals surface area contributed by atoms with Crippen LogP contribution in [0.4, 0.5) is 0 Å². The van der Waals surface area contributed by atoms with Crippen molar-refractivity contribution >= 4 is 5.91 Å². The number of furan rings is 1. The molecule has 32 heavy (non-hydrogen) atoms. The van der Waals surface area contributed by atoms with Crippen LogP contribution in [0, 0.1) is 18.8 Å². The van der Waals surface area contributed by atoms with Gasteiger partial charge in [-0.25, -0.2) is 0 Å². The maximum absolute atomic E-state index is 13.5. The number of hydrogen-bond donors (Lipinski definition) is 0. The Labute approximate surface area is 191 Å². The van der Waals surface area contributed by atoms with Gasteiger partial charge in [0.2, 0.25) is 0 Å². The summed E-state index contributed by atoms with van der Waals surface area (Å²) in [6.45, 7) is 10.8. The molecule has 2 atom stereocenters. The summed E-state index contributed by atoms with van der Waals surface area (Å²) in [6.07, 6.45) is 3.57. The lowest BCUT2D eigenvalue weighted by Crippen LogP contribution is -2.39. The van der Waals surface area contributed by atoms with Crippen molar-refractivity contribution in [2.24, 2.45) is 11.8 Å². The van der Waals surface area contributed by atoms with Gasteiger partial charge in [-0.3, -0.25) is 9.69 Å². The van der Waals surface area contributed by atoms with Gasteiger partial charge in [0, 0.05) is 49.8 Å². The zero-order chi connectivity index (χ0) is 22.5. The van der Waals surface area contributed by atoms with Crippen molar-refractivity contribution in [3.05, 3.63) is 95.4 Å². The Morgan fingerprint density at radius 2 is 1.81 bits per heavy atom. The van der Waals surface area contributed by atoms with E-state index in [9.17, 15) is 4.79 Å². The van der Waals surface area contributed by atoms with Gasteiger partial charge in [-0.05, 0) is 42.5 Å². The van der Waals surface area contributed by atoms with Crippen molar-refractivity contribution in [1.29, 1.82) is 0 Å². The van der Waals surface area contributed by atoms with E-state index in [1.165, 1.54) is 16.7 Å². The highest BCUT2D eigenvalue weighted by atomic mass is 16.3. The van der Waals surface area contributed by atoms with E-state index < -0.39 is 0 Å². The number of likely N-dealkylation sites (tertiary alicyclic amines) is 1. The minimum atomic E-state index is 0.138. The van der Waals surface area contributed by atoms with Gasteiger partial charge in [0.25, 0.3) is 5.91 Å². The fourth-order valence-corrected chi connectivity index (χ4v) is 4.84. The van der Waals surface area contributed by atoms with Crippen molar-refractivity contribution in [1.82, 2.24) is 9.80 Å². The number of benzene rings is 2. The van der Waals surface area contributed by atoms with Gasteiger partial charge in [0.1, 0.15) is 0 Å². The predicted octanol–water partition coefficient (Wildman–Crippen LogP) is 5.60. The molecule has 1 aliphatic rings. The van der Waals surface area contributed by atoms with Crippen molar-refractivity contribution in [3.63, 3.8) is 0 Å². The molecule has 4 rings (SSSR count). The Bertz CT molecular complexity index is 980. The van der Waals surface area contributed by atoms with Crippen LogP contribution in [-0.4, -0.2) is 41.9 Å². The standard InChI is InChI=1S/C28H34N2O2/c1-21(2)15-30(28(31)25-11-9-22(3)10-12-25)18-26-17-29(16-23-13-14-32-20-23)19-27(26)24-7-5-4-6-8-24/h4-14,20-21,26-27H,15-19H2,1-3H3/t26-,27-/m1/s1. The van der Waals surface area contributed by atoms with Gasteiger partial charge in [0.15, 0.2) is 0 Å². The second-order valence-electron chi connectivity index (χ2n) is 9.57. The highest BCUT2D eigenvalue weighted by Gasteiger charge is 2.36. The third-order valence-electron chi connectivity index (χ3n) is 6.36. The molecule has 1 aliphatic heterocycles. The quantitative estimate of drug-likeness (QED) is 0.467. The van der Waals surface area contributed by atoms with Gasteiger partial charge in [-0.2, -0.15) is 0 Å². The Kier molecular flexibility index (Phi) is 7.11. The number of carbonyl (C=O) groups excluding carboxylic acids is 1. The van der Waals surface area contributed by atoms with Crippen LogP contribution in [0.5, 0.6) is 0 Å². The normalized spacial score (nSPS) is 18.9. The van der Waals surface area contributed by atoms with E-state index in [4.69, 9.17) is 4.42 Å². The van der Waals surface area contributed by atoms with Crippen molar-refractivity contribution in [3.8, 4) is 0 Å². The smallest absolute Gasteiger partial charge is 0.253 e. The molecule has 1 saturated heterocycles. The average molecular weight is 431 g/mol. The van der Waals surface area contributed by atoms with Crippen molar-refractivity contribution in [2.75, 3.05) is 26.2 Å². The summed E-state index contributed by atoms with van der Waals surface area (Å²) >= 11 is 0. The molecule has 1 amide bonds. The van der Waals surface area contributed by atoms with Crippen LogP contribution in [0.2, 0.25) is 0 Å². The molecule has 0 bridgehead atoms. The SMILES string of the molecule is Cc1ccc(C(=O)N(CC(C)C)C[C@H]2CN(Cc3ccoc3)C[C@@H]2c2ccccc2)cc1. The third-order valence-corrected chi connectivity index (χ3v) is 6.36. The Balaban J connectivity index is 1.56. The number of nitrogens with zero attached hydrogens (tertiary/aromatic N) is 2. The van der Waals surface area contributed by atoms with Gasteiger partial charge in [-0.1, -0.05) is 61.9 Å². The zero-order valence-corrected chi connectivity index (χ0v) is 19.4. The van der Waals surface area contributed by atoms with Crippen LogP contribution < -0.4 is 0 Å². The fraction of sp³-hybridized carbons (Fsp3) is 0.393. The molecule has 3 aromatic rings. The molecule has 4 nitrogen and oxygen atoms in total. The zero-order valence-electron chi connectivity index (χ0n) is 19.4. The van der Waals surface area contributed by atoms with E-state index >= 15 is 0 Å². The number of carbonyl (C=O) groups is 1. The van der Waals surface area contributed by atoms with Gasteiger partial charge in [0.05, 0.1) is 12.5 Å². The molecule has 0 aliphatic carbocycles. The topological polar surface area (TPSA) is 36.7 Å². The lowest BCUT2D eigenvalue weighted by Gasteiger charge is -2.30. The Hall–Kier alpha value is -2.85. The van der Waals surface area contributed by atoms with Crippen LogP contribution in [-0.2, 0) is 6.54 Å². The van der Waals surface area contributed by atoms with E-state index in [0.29, 0.717) is 17.8 Å². The maximum Gasteiger partial charge on any atom is 0.253 e. The summed E-state index contributed by atoms with van der Waals surface area (Å²) in [5.41, 5.74) is 4.51. The van der Waals surface area contributed by atoms with Gasteiger partial charge < -0.3 is 9.32 Å². The third kappa shape index (κ3) is 5.49. The highest BCUT2D eigenvalue weighted by Crippen LogP contribution is 2.34. The van der Waals surface area contributed by atoms with E-state index in [0.717, 1.165) is 38.3 Å².